The van der Waals surface area contributed by atoms with Gasteiger partial charge in [-0.25, -0.2) is 19.0 Å². The number of esters is 1. The van der Waals surface area contributed by atoms with Gasteiger partial charge in [0.2, 0.25) is 5.95 Å². The van der Waals surface area contributed by atoms with Crippen LogP contribution in [0.25, 0.3) is 0 Å². The Bertz CT molecular complexity index is 1190. The van der Waals surface area contributed by atoms with Crippen molar-refractivity contribution in [1.29, 1.82) is 0 Å². The number of carbonyl (C=O) groups excluding carboxylic acids is 1. The van der Waals surface area contributed by atoms with E-state index in [2.05, 4.69) is 30.8 Å². The third-order valence-electron chi connectivity index (χ3n) is 7.05. The number of halogens is 4. The predicted octanol–water partition coefficient (Wildman–Crippen LogP) is 3.55. The number of anilines is 3. The van der Waals surface area contributed by atoms with Crippen molar-refractivity contribution in [3.05, 3.63) is 23.3 Å². The molecule has 38 heavy (non-hydrogen) atoms. The van der Waals surface area contributed by atoms with Crippen molar-refractivity contribution in [3.63, 3.8) is 0 Å². The number of aryl methyl sites for hydroxylation is 1. The third-order valence-corrected chi connectivity index (χ3v) is 7.05. The Morgan fingerprint density at radius 2 is 1.84 bits per heavy atom. The van der Waals surface area contributed by atoms with E-state index < -0.39 is 35.2 Å². The number of aliphatic hydroxyl groups is 1. The summed E-state index contributed by atoms with van der Waals surface area (Å²) in [7, 11) is 0. The monoisotopic (exact) mass is 544 g/mol. The minimum atomic E-state index is -5.08. The number of nitrogens with one attached hydrogen (secondary N) is 3. The topological polar surface area (TPSA) is 162 Å². The number of carboxylic acids is 1. The normalized spacial score (nSPS) is 27.3. The van der Waals surface area contributed by atoms with E-state index in [9.17, 15) is 23.1 Å². The van der Waals surface area contributed by atoms with Crippen molar-refractivity contribution in [2.75, 3.05) is 17.2 Å². The highest BCUT2D eigenvalue weighted by molar-refractivity contribution is 5.89. The highest BCUT2D eigenvalue weighted by atomic mass is 19.4. The first-order valence-corrected chi connectivity index (χ1v) is 12.1. The van der Waals surface area contributed by atoms with Gasteiger partial charge in [-0.05, 0) is 63.7 Å². The molecule has 4 aliphatic rings. The molecule has 2 heterocycles. The van der Waals surface area contributed by atoms with E-state index in [1.807, 2.05) is 6.92 Å². The Hall–Kier alpha value is -3.49. The van der Waals surface area contributed by atoms with Gasteiger partial charge >= 0.3 is 18.1 Å². The molecule has 6 rings (SSSR count). The van der Waals surface area contributed by atoms with Crippen LogP contribution in [0.5, 0.6) is 0 Å². The molecule has 0 amide bonds. The minimum Gasteiger partial charge on any atom is -0.475 e. The molecule has 4 aliphatic carbocycles. The van der Waals surface area contributed by atoms with Crippen LogP contribution in [-0.2, 0) is 9.53 Å². The summed E-state index contributed by atoms with van der Waals surface area (Å²) < 4.78 is 51.8. The predicted molar refractivity (Wildman–Crippen MR) is 124 cm³/mol. The zero-order valence-electron chi connectivity index (χ0n) is 20.6. The van der Waals surface area contributed by atoms with Gasteiger partial charge in [-0.3, -0.25) is 5.10 Å². The van der Waals surface area contributed by atoms with Crippen LogP contribution >= 0.6 is 0 Å². The van der Waals surface area contributed by atoms with Crippen molar-refractivity contribution in [3.8, 4) is 0 Å². The molecule has 0 aromatic carbocycles. The van der Waals surface area contributed by atoms with Crippen LogP contribution in [0.3, 0.4) is 0 Å². The van der Waals surface area contributed by atoms with Gasteiger partial charge in [-0.1, -0.05) is 0 Å². The van der Waals surface area contributed by atoms with Crippen LogP contribution in [0.2, 0.25) is 0 Å². The quantitative estimate of drug-likeness (QED) is 0.269. The highest BCUT2D eigenvalue weighted by Crippen LogP contribution is 2.56. The lowest BCUT2D eigenvalue weighted by molar-refractivity contribution is -0.192. The average Bonchev–Trinajstić information content (AvgIpc) is 3.21. The zero-order valence-corrected chi connectivity index (χ0v) is 20.6. The number of aromatic nitrogens is 4. The number of ether oxygens (including phenoxy) is 1. The second-order valence-corrected chi connectivity index (χ2v) is 10.0. The number of rotatable bonds is 6. The second-order valence-electron chi connectivity index (χ2n) is 10.0. The number of alkyl halides is 3. The molecule has 2 aromatic heterocycles. The second kappa shape index (κ2) is 10.3. The van der Waals surface area contributed by atoms with Crippen molar-refractivity contribution >= 4 is 29.5 Å². The molecule has 4 bridgehead atoms. The number of nitrogens with zero attached hydrogens (tertiary/aromatic N) is 3. The number of carbonyl (C=O) groups is 2. The third kappa shape index (κ3) is 5.97. The summed E-state index contributed by atoms with van der Waals surface area (Å²) in [6.07, 6.45) is -0.577. The summed E-state index contributed by atoms with van der Waals surface area (Å²) in [6, 6.07) is 1.79. The first kappa shape index (κ1) is 27.5. The van der Waals surface area contributed by atoms with Gasteiger partial charge in [0.15, 0.2) is 23.1 Å². The number of hydrogen-bond acceptors (Lipinski definition) is 9. The molecule has 0 radical (unpaired) electrons. The lowest BCUT2D eigenvalue weighted by Gasteiger charge is -2.58. The Kier molecular flexibility index (Phi) is 7.50. The molecule has 4 fully saturated rings. The summed E-state index contributed by atoms with van der Waals surface area (Å²) in [6.45, 7) is 3.59. The van der Waals surface area contributed by atoms with Crippen LogP contribution in [-0.4, -0.2) is 66.7 Å². The Morgan fingerprint density at radius 3 is 2.34 bits per heavy atom. The van der Waals surface area contributed by atoms with Crippen molar-refractivity contribution < 1.29 is 42.1 Å². The molecule has 4 saturated carbocycles. The average molecular weight is 545 g/mol. The lowest BCUT2D eigenvalue weighted by atomic mass is 9.52. The van der Waals surface area contributed by atoms with Crippen molar-refractivity contribution in [1.82, 2.24) is 20.2 Å². The van der Waals surface area contributed by atoms with E-state index in [0.29, 0.717) is 23.6 Å². The van der Waals surface area contributed by atoms with Gasteiger partial charge in [-0.15, -0.1) is 0 Å². The molecule has 2 aromatic rings. The fourth-order valence-corrected chi connectivity index (χ4v) is 5.90. The number of aliphatic carboxylic acids is 1. The molecule has 5 N–H and O–H groups in total. The number of carboxylic acid groups (broad SMARTS) is 1. The fourth-order valence-electron chi connectivity index (χ4n) is 5.90. The highest BCUT2D eigenvalue weighted by Gasteiger charge is 2.55. The van der Waals surface area contributed by atoms with Crippen molar-refractivity contribution in [2.24, 2.45) is 17.8 Å². The van der Waals surface area contributed by atoms with Crippen LogP contribution < -0.4 is 10.6 Å². The van der Waals surface area contributed by atoms with Gasteiger partial charge < -0.3 is 25.6 Å². The number of aromatic amines is 1. The Morgan fingerprint density at radius 1 is 1.21 bits per heavy atom. The van der Waals surface area contributed by atoms with E-state index in [4.69, 9.17) is 14.6 Å². The van der Waals surface area contributed by atoms with E-state index >= 15 is 4.39 Å². The minimum absolute atomic E-state index is 0.0813. The molecule has 2 unspecified atom stereocenters. The zero-order chi connectivity index (χ0) is 27.8. The van der Waals surface area contributed by atoms with Crippen LogP contribution in [0.1, 0.15) is 55.2 Å². The fraction of sp³-hybridized carbons (Fsp3) is 0.609. The molecule has 2 atom stereocenters. The van der Waals surface area contributed by atoms with E-state index in [1.165, 1.54) is 0 Å². The maximum atomic E-state index is 15.0. The smallest absolute Gasteiger partial charge is 0.475 e. The molecule has 0 spiro atoms. The SMILES string of the molecule is CCOC(=O)c1nc(NC2C3CC4CC2CC(O)(C4)C3)nc(Nc2cc(C)[nH]n2)c1F.O=C(O)C(F)(F)F. The molecular formula is C23H28F4N6O5. The first-order chi connectivity index (χ1) is 17.8. The van der Waals surface area contributed by atoms with Crippen LogP contribution in [0, 0.1) is 30.5 Å². The first-order valence-electron chi connectivity index (χ1n) is 12.1. The largest absolute Gasteiger partial charge is 0.490 e. The van der Waals surface area contributed by atoms with E-state index in [-0.39, 0.29) is 24.4 Å². The molecule has 208 valence electrons. The molecule has 11 nitrogen and oxygen atoms in total. The van der Waals surface area contributed by atoms with Crippen LogP contribution in [0.4, 0.5) is 35.1 Å². The van der Waals surface area contributed by atoms with Gasteiger partial charge in [0.25, 0.3) is 0 Å². The summed E-state index contributed by atoms with van der Waals surface area (Å²) in [4.78, 5) is 29.7. The molecule has 15 heteroatoms. The number of hydrogen-bond donors (Lipinski definition) is 5. The molecular weight excluding hydrogens is 516 g/mol. The summed E-state index contributed by atoms with van der Waals surface area (Å²) >= 11 is 0. The summed E-state index contributed by atoms with van der Waals surface area (Å²) in [5, 5.41) is 31.0. The lowest BCUT2D eigenvalue weighted by Crippen LogP contribution is -2.59. The molecule has 0 aliphatic heterocycles. The molecule has 0 saturated heterocycles. The maximum absolute atomic E-state index is 15.0. The number of H-pyrrole nitrogens is 1. The Labute approximate surface area is 214 Å². The summed E-state index contributed by atoms with van der Waals surface area (Å²) in [5.74, 6) is -2.90. The van der Waals surface area contributed by atoms with Crippen LogP contribution in [0.15, 0.2) is 6.07 Å². The van der Waals surface area contributed by atoms with E-state index in [1.54, 1.807) is 13.0 Å². The van der Waals surface area contributed by atoms with E-state index in [0.717, 1.165) is 37.8 Å². The standard InChI is InChI=1S/C21H27FN6O3.C2HF3O2/c1-3-31-19(29)17-15(22)18(23-14-4-10(2)27-28-14)26-20(25-17)24-16-12-5-11-6-13(16)9-21(30,7-11)8-12;3-2(4,5)1(6)7/h4,11-13,16,30H,3,5-9H2,1-2H3,(H3,23,24,25,26,27,28);(H,6,7). The van der Waals surface area contributed by atoms with Gasteiger partial charge in [0, 0.05) is 17.8 Å². The summed E-state index contributed by atoms with van der Waals surface area (Å²) in [5.41, 5.74) is -0.178. The Balaban J connectivity index is 0.000000426. The maximum Gasteiger partial charge on any atom is 0.490 e. The van der Waals surface area contributed by atoms with Crippen molar-refractivity contribution in [2.45, 2.75) is 63.8 Å². The van der Waals surface area contributed by atoms with Gasteiger partial charge in [0.1, 0.15) is 0 Å². The van der Waals surface area contributed by atoms with Gasteiger partial charge in [0.05, 0.1) is 12.2 Å². The van der Waals surface area contributed by atoms with Gasteiger partial charge in [-0.2, -0.15) is 23.3 Å².